The van der Waals surface area contributed by atoms with E-state index in [4.69, 9.17) is 4.42 Å². The van der Waals surface area contributed by atoms with Crippen molar-refractivity contribution >= 4 is 79.4 Å². The lowest BCUT2D eigenvalue weighted by molar-refractivity contribution is 0.669. The molecule has 1 aliphatic carbocycles. The fourth-order valence-corrected chi connectivity index (χ4v) is 8.90. The van der Waals surface area contributed by atoms with Crippen LogP contribution in [0.4, 0.5) is 39.8 Å². The highest BCUT2D eigenvalue weighted by Crippen LogP contribution is 2.49. The van der Waals surface area contributed by atoms with Crippen LogP contribution in [0.3, 0.4) is 0 Å². The van der Waals surface area contributed by atoms with Crippen molar-refractivity contribution in [2.75, 3.05) is 14.7 Å². The Morgan fingerprint density at radius 1 is 0.491 bits per heavy atom. The summed E-state index contributed by atoms with van der Waals surface area (Å²) in [4.78, 5) is 7.41. The molecule has 11 rings (SSSR count). The fraction of sp³-hybridized carbons (Fsp3) is 0.0417. The molecule has 1 aromatic heterocycles. The number of nitrogens with zero attached hydrogens (tertiary/aromatic N) is 3. The minimum absolute atomic E-state index is 0.107. The number of para-hydroxylation sites is 5. The first-order chi connectivity index (χ1) is 26.3. The van der Waals surface area contributed by atoms with Gasteiger partial charge in [0, 0.05) is 62.0 Å². The van der Waals surface area contributed by atoms with Crippen LogP contribution in [0.5, 0.6) is 0 Å². The lowest BCUT2D eigenvalue weighted by Crippen LogP contribution is -2.57. The standard InChI is InChI=1S/C48H34BN3O/c1-4-15-33(16-5-1)50(36-28-30-47-39(31-36)38-21-10-13-26-46(38)53-47)37-27-29-41-45(32-37)52(35-19-8-3-9-20-35)44-25-14-24-43-48(44)49(41)40-22-11-12-23-42(40)51(43)34-17-6-2-7-18-34/h1-13,15-23,25-32H,14,24H2. The van der Waals surface area contributed by atoms with Gasteiger partial charge in [-0.2, -0.15) is 0 Å². The SMILES string of the molecule is C1=C2C3=C(CC1)N(c1ccccc1)c1ccccc1B3c1ccc(N(c3ccccc3)c3ccc4oc5ccccc5c4c3)cc1N2c1ccccc1. The molecule has 2 aliphatic heterocycles. The maximum atomic E-state index is 6.25. The lowest BCUT2D eigenvalue weighted by atomic mass is 9.32. The first-order valence-electron chi connectivity index (χ1n) is 18.5. The predicted octanol–water partition coefficient (Wildman–Crippen LogP) is 11.4. The lowest BCUT2D eigenvalue weighted by Gasteiger charge is -2.47. The third-order valence-electron chi connectivity index (χ3n) is 11.1. The van der Waals surface area contributed by atoms with E-state index in [2.05, 4.69) is 185 Å². The molecule has 0 saturated heterocycles. The molecule has 3 aliphatic rings. The number of anilines is 7. The molecule has 8 aromatic rings. The summed E-state index contributed by atoms with van der Waals surface area (Å²) < 4.78 is 6.25. The first kappa shape index (κ1) is 30.0. The summed E-state index contributed by atoms with van der Waals surface area (Å²) in [6.07, 6.45) is 4.43. The van der Waals surface area contributed by atoms with Crippen molar-refractivity contribution in [2.45, 2.75) is 12.8 Å². The van der Waals surface area contributed by atoms with Gasteiger partial charge in [0.05, 0.1) is 0 Å². The first-order valence-corrected chi connectivity index (χ1v) is 18.5. The molecule has 0 N–H and O–H groups in total. The molecule has 3 heterocycles. The van der Waals surface area contributed by atoms with Crippen LogP contribution in [0, 0.1) is 0 Å². The van der Waals surface area contributed by atoms with Crippen molar-refractivity contribution in [1.82, 2.24) is 0 Å². The molecule has 4 nitrogen and oxygen atoms in total. The van der Waals surface area contributed by atoms with E-state index in [0.29, 0.717) is 0 Å². The molecule has 250 valence electrons. The van der Waals surface area contributed by atoms with Crippen molar-refractivity contribution < 1.29 is 4.42 Å². The highest BCUT2D eigenvalue weighted by molar-refractivity contribution is 6.94. The molecule has 53 heavy (non-hydrogen) atoms. The maximum Gasteiger partial charge on any atom is 0.251 e. The van der Waals surface area contributed by atoms with Crippen LogP contribution in [0.25, 0.3) is 21.9 Å². The van der Waals surface area contributed by atoms with Gasteiger partial charge in [-0.05, 0) is 108 Å². The van der Waals surface area contributed by atoms with Gasteiger partial charge in [-0.15, -0.1) is 0 Å². The molecule has 7 aromatic carbocycles. The van der Waals surface area contributed by atoms with Gasteiger partial charge in [-0.1, -0.05) is 103 Å². The van der Waals surface area contributed by atoms with Gasteiger partial charge in [0.25, 0.3) is 6.71 Å². The van der Waals surface area contributed by atoms with Crippen molar-refractivity contribution in [3.63, 3.8) is 0 Å². The minimum atomic E-state index is 0.107. The minimum Gasteiger partial charge on any atom is -0.456 e. The summed E-state index contributed by atoms with van der Waals surface area (Å²) in [5.74, 6) is 0. The van der Waals surface area contributed by atoms with Gasteiger partial charge in [0.1, 0.15) is 11.2 Å². The molecule has 0 spiro atoms. The molecular formula is C48H34BN3O. The van der Waals surface area contributed by atoms with Crippen molar-refractivity contribution in [2.24, 2.45) is 0 Å². The van der Waals surface area contributed by atoms with Crippen LogP contribution < -0.4 is 25.6 Å². The largest absolute Gasteiger partial charge is 0.456 e. The quantitative estimate of drug-likeness (QED) is 0.169. The van der Waals surface area contributed by atoms with Crippen LogP contribution in [0.15, 0.2) is 203 Å². The Morgan fingerprint density at radius 2 is 1.11 bits per heavy atom. The van der Waals surface area contributed by atoms with Crippen LogP contribution in [0.1, 0.15) is 12.8 Å². The summed E-state index contributed by atoms with van der Waals surface area (Å²) in [6.45, 7) is 0.107. The third-order valence-corrected chi connectivity index (χ3v) is 11.1. The number of fused-ring (bicyclic) bond motifs is 7. The van der Waals surface area contributed by atoms with Crippen molar-refractivity contribution in [3.05, 3.63) is 199 Å². The van der Waals surface area contributed by atoms with Gasteiger partial charge in [-0.25, -0.2) is 0 Å². The molecule has 0 saturated carbocycles. The Hall–Kier alpha value is -6.72. The average molecular weight is 680 g/mol. The highest BCUT2D eigenvalue weighted by Gasteiger charge is 2.45. The van der Waals surface area contributed by atoms with Gasteiger partial charge in [-0.3, -0.25) is 0 Å². The van der Waals surface area contributed by atoms with E-state index in [1.165, 1.54) is 44.9 Å². The molecule has 0 bridgehead atoms. The Balaban J connectivity index is 1.16. The highest BCUT2D eigenvalue weighted by atomic mass is 16.3. The van der Waals surface area contributed by atoms with E-state index in [-0.39, 0.29) is 6.71 Å². The van der Waals surface area contributed by atoms with Crippen molar-refractivity contribution in [3.8, 4) is 0 Å². The van der Waals surface area contributed by atoms with E-state index >= 15 is 0 Å². The second kappa shape index (κ2) is 11.9. The molecule has 5 heteroatoms. The van der Waals surface area contributed by atoms with Crippen LogP contribution >= 0.6 is 0 Å². The molecule has 0 atom stereocenters. The van der Waals surface area contributed by atoms with E-state index < -0.39 is 0 Å². The van der Waals surface area contributed by atoms with Gasteiger partial charge >= 0.3 is 0 Å². The van der Waals surface area contributed by atoms with Crippen LogP contribution in [-0.4, -0.2) is 6.71 Å². The smallest absolute Gasteiger partial charge is 0.251 e. The fourth-order valence-electron chi connectivity index (χ4n) is 8.90. The van der Waals surface area contributed by atoms with E-state index in [1.807, 2.05) is 12.1 Å². The Kier molecular flexibility index (Phi) is 6.74. The monoisotopic (exact) mass is 679 g/mol. The average Bonchev–Trinajstić information content (AvgIpc) is 3.60. The van der Waals surface area contributed by atoms with Gasteiger partial charge < -0.3 is 19.1 Å². The zero-order chi connectivity index (χ0) is 34.9. The number of rotatable bonds is 5. The molecule has 0 radical (unpaired) electrons. The topological polar surface area (TPSA) is 22.9 Å². The van der Waals surface area contributed by atoms with Crippen molar-refractivity contribution in [1.29, 1.82) is 0 Å². The molecule has 0 unspecified atom stereocenters. The normalized spacial score (nSPS) is 14.6. The third kappa shape index (κ3) is 4.64. The molecule has 0 amide bonds. The van der Waals surface area contributed by atoms with Gasteiger partial charge in [0.15, 0.2) is 0 Å². The molecule has 0 fully saturated rings. The number of hydrogen-bond acceptors (Lipinski definition) is 4. The predicted molar refractivity (Wildman–Crippen MR) is 221 cm³/mol. The summed E-state index contributed by atoms with van der Waals surface area (Å²) in [7, 11) is 0. The summed E-state index contributed by atoms with van der Waals surface area (Å²) in [5, 5.41) is 2.23. The Bertz CT molecular complexity index is 2750. The van der Waals surface area contributed by atoms with Crippen LogP contribution in [-0.2, 0) is 0 Å². The second-order valence-corrected chi connectivity index (χ2v) is 14.0. The summed E-state index contributed by atoms with van der Waals surface area (Å²) in [5.41, 5.74) is 16.6. The number of allylic oxidation sites excluding steroid dienone is 3. The van der Waals surface area contributed by atoms with E-state index in [9.17, 15) is 0 Å². The molecular weight excluding hydrogens is 645 g/mol. The Labute approximate surface area is 309 Å². The van der Waals surface area contributed by atoms with E-state index in [0.717, 1.165) is 57.5 Å². The Morgan fingerprint density at radius 3 is 1.92 bits per heavy atom. The number of benzene rings is 7. The zero-order valence-corrected chi connectivity index (χ0v) is 29.1. The second-order valence-electron chi connectivity index (χ2n) is 14.0. The maximum absolute atomic E-state index is 6.25. The van der Waals surface area contributed by atoms with Crippen LogP contribution in [0.2, 0.25) is 0 Å². The zero-order valence-electron chi connectivity index (χ0n) is 29.1. The number of furan rings is 1. The van der Waals surface area contributed by atoms with E-state index in [1.54, 1.807) is 0 Å². The van der Waals surface area contributed by atoms with Gasteiger partial charge in [0.2, 0.25) is 0 Å². The summed E-state index contributed by atoms with van der Waals surface area (Å²) in [6, 6.07) is 63.5. The summed E-state index contributed by atoms with van der Waals surface area (Å²) >= 11 is 0. The number of hydrogen-bond donors (Lipinski definition) is 0.